The van der Waals surface area contributed by atoms with Crippen LogP contribution in [0.2, 0.25) is 0 Å². The van der Waals surface area contributed by atoms with E-state index in [1.165, 1.54) is 6.07 Å². The smallest absolute Gasteiger partial charge is 0.225 e. The molecule has 2 fully saturated rings. The van der Waals surface area contributed by atoms with Gasteiger partial charge in [-0.25, -0.2) is 4.39 Å². The zero-order chi connectivity index (χ0) is 15.7. The molecule has 1 aromatic rings. The van der Waals surface area contributed by atoms with Crippen molar-refractivity contribution in [1.82, 2.24) is 9.80 Å². The predicted molar refractivity (Wildman–Crippen MR) is 84.8 cm³/mol. The van der Waals surface area contributed by atoms with E-state index in [-0.39, 0.29) is 23.1 Å². The minimum atomic E-state index is -0.129. The molecule has 3 rings (SSSR count). The van der Waals surface area contributed by atoms with Crippen LogP contribution < -0.4 is 0 Å². The molecule has 1 saturated heterocycles. The van der Waals surface area contributed by atoms with E-state index in [2.05, 4.69) is 4.90 Å². The molecule has 1 aliphatic heterocycles. The zero-order valence-corrected chi connectivity index (χ0v) is 13.5. The van der Waals surface area contributed by atoms with Gasteiger partial charge in [0.1, 0.15) is 5.82 Å². The lowest BCUT2D eigenvalue weighted by atomic mass is 9.76. The van der Waals surface area contributed by atoms with Gasteiger partial charge in [-0.2, -0.15) is 0 Å². The molecule has 22 heavy (non-hydrogen) atoms. The highest BCUT2D eigenvalue weighted by Crippen LogP contribution is 2.50. The van der Waals surface area contributed by atoms with Gasteiger partial charge in [-0.1, -0.05) is 24.6 Å². The lowest BCUT2D eigenvalue weighted by Gasteiger charge is -2.32. The molecule has 2 atom stereocenters. The molecule has 4 heteroatoms. The van der Waals surface area contributed by atoms with Crippen LogP contribution in [0.3, 0.4) is 0 Å². The van der Waals surface area contributed by atoms with Crippen molar-refractivity contribution in [3.8, 4) is 0 Å². The van der Waals surface area contributed by atoms with Crippen LogP contribution in [0.1, 0.15) is 31.2 Å². The number of rotatable bonds is 3. The van der Waals surface area contributed by atoms with E-state index >= 15 is 0 Å². The van der Waals surface area contributed by atoms with E-state index in [0.717, 1.165) is 44.3 Å². The number of nitrogens with zero attached hydrogens (tertiary/aromatic N) is 2. The Balaban J connectivity index is 1.71. The van der Waals surface area contributed by atoms with Crippen molar-refractivity contribution in [2.45, 2.75) is 32.2 Å². The average Bonchev–Trinajstić information content (AvgIpc) is 3.08. The highest BCUT2D eigenvalue weighted by atomic mass is 19.1. The van der Waals surface area contributed by atoms with Crippen molar-refractivity contribution < 1.29 is 9.18 Å². The summed E-state index contributed by atoms with van der Waals surface area (Å²) >= 11 is 0. The molecule has 1 aliphatic carbocycles. The van der Waals surface area contributed by atoms with Crippen molar-refractivity contribution in [1.29, 1.82) is 0 Å². The van der Waals surface area contributed by atoms with E-state index in [1.54, 1.807) is 11.0 Å². The summed E-state index contributed by atoms with van der Waals surface area (Å²) in [5, 5.41) is 0. The van der Waals surface area contributed by atoms with Crippen LogP contribution in [0.15, 0.2) is 24.3 Å². The lowest BCUT2D eigenvalue weighted by molar-refractivity contribution is -0.136. The number of carbonyl (C=O) groups is 1. The summed E-state index contributed by atoms with van der Waals surface area (Å²) in [4.78, 5) is 16.5. The molecule has 1 heterocycles. The highest BCUT2D eigenvalue weighted by Gasteiger charge is 2.50. The van der Waals surface area contributed by atoms with Crippen molar-refractivity contribution in [2.75, 3.05) is 27.2 Å². The topological polar surface area (TPSA) is 23.6 Å². The molecule has 0 aromatic heterocycles. The Morgan fingerprint density at radius 2 is 2.14 bits per heavy atom. The molecule has 0 N–H and O–H groups in total. The summed E-state index contributed by atoms with van der Waals surface area (Å²) in [6.07, 6.45) is 4.33. The quantitative estimate of drug-likeness (QED) is 0.857. The minimum Gasteiger partial charge on any atom is -0.349 e. The number of amides is 1. The summed E-state index contributed by atoms with van der Waals surface area (Å²) in [7, 11) is 3.70. The molecule has 1 aromatic carbocycles. The molecule has 2 aliphatic rings. The van der Waals surface area contributed by atoms with Gasteiger partial charge >= 0.3 is 0 Å². The van der Waals surface area contributed by atoms with Gasteiger partial charge in [0.2, 0.25) is 5.91 Å². The molecule has 0 unspecified atom stereocenters. The maximum atomic E-state index is 13.8. The third-order valence-electron chi connectivity index (χ3n) is 5.46. The first-order chi connectivity index (χ1) is 10.5. The Bertz CT molecular complexity index is 560. The van der Waals surface area contributed by atoms with E-state index < -0.39 is 0 Å². The SMILES string of the molecule is CN(C)C(=O)[C@@H]1CCC[C@]12CCN(Cc1ccccc1F)C2. The van der Waals surface area contributed by atoms with Gasteiger partial charge in [0.05, 0.1) is 0 Å². The summed E-state index contributed by atoms with van der Waals surface area (Å²) in [6.45, 7) is 2.54. The maximum absolute atomic E-state index is 13.8. The lowest BCUT2D eigenvalue weighted by Crippen LogP contribution is -2.40. The van der Waals surface area contributed by atoms with Gasteiger partial charge in [0.25, 0.3) is 0 Å². The van der Waals surface area contributed by atoms with Crippen molar-refractivity contribution in [3.63, 3.8) is 0 Å². The fourth-order valence-electron chi connectivity index (χ4n) is 4.31. The molecule has 120 valence electrons. The molecule has 1 saturated carbocycles. The molecule has 3 nitrogen and oxygen atoms in total. The number of halogens is 1. The Morgan fingerprint density at radius 3 is 2.86 bits per heavy atom. The Kier molecular flexibility index (Phi) is 4.22. The summed E-state index contributed by atoms with van der Waals surface area (Å²) in [5.74, 6) is 0.286. The van der Waals surface area contributed by atoms with Crippen LogP contribution in [0.4, 0.5) is 4.39 Å². The Labute approximate surface area is 132 Å². The van der Waals surface area contributed by atoms with Gasteiger partial charge in [-0.05, 0) is 37.3 Å². The maximum Gasteiger partial charge on any atom is 0.225 e. The van der Waals surface area contributed by atoms with Gasteiger partial charge in [-0.15, -0.1) is 0 Å². The second kappa shape index (κ2) is 5.99. The number of hydrogen-bond donors (Lipinski definition) is 0. The number of hydrogen-bond acceptors (Lipinski definition) is 2. The Hall–Kier alpha value is -1.42. The van der Waals surface area contributed by atoms with E-state index in [9.17, 15) is 9.18 Å². The standard InChI is InChI=1S/C18H25FN2O/c1-20(2)17(22)15-7-5-9-18(15)10-11-21(13-18)12-14-6-3-4-8-16(14)19/h3-4,6,8,15H,5,7,9-13H2,1-2H3/t15-,18+/m0/s1. The van der Waals surface area contributed by atoms with Crippen LogP contribution in [0, 0.1) is 17.2 Å². The third-order valence-corrected chi connectivity index (χ3v) is 5.46. The largest absolute Gasteiger partial charge is 0.349 e. The number of benzene rings is 1. The average molecular weight is 304 g/mol. The molecule has 0 radical (unpaired) electrons. The van der Waals surface area contributed by atoms with Crippen molar-refractivity contribution in [3.05, 3.63) is 35.6 Å². The number of carbonyl (C=O) groups excluding carboxylic acids is 1. The van der Waals surface area contributed by atoms with Crippen molar-refractivity contribution in [2.24, 2.45) is 11.3 Å². The fourth-order valence-corrected chi connectivity index (χ4v) is 4.31. The minimum absolute atomic E-state index is 0.118. The molecule has 1 amide bonds. The second-order valence-corrected chi connectivity index (χ2v) is 7.09. The van der Waals surface area contributed by atoms with E-state index in [4.69, 9.17) is 0 Å². The van der Waals surface area contributed by atoms with Gasteiger partial charge < -0.3 is 4.90 Å². The van der Waals surface area contributed by atoms with Gasteiger partial charge in [0.15, 0.2) is 0 Å². The summed E-state index contributed by atoms with van der Waals surface area (Å²) in [6, 6.07) is 7.00. The van der Waals surface area contributed by atoms with E-state index in [1.807, 2.05) is 26.2 Å². The third kappa shape index (κ3) is 2.76. The van der Waals surface area contributed by atoms with Gasteiger partial charge in [0, 0.05) is 38.7 Å². The van der Waals surface area contributed by atoms with Crippen LogP contribution in [-0.2, 0) is 11.3 Å². The van der Waals surface area contributed by atoms with Crippen LogP contribution in [0.25, 0.3) is 0 Å². The predicted octanol–water partition coefficient (Wildman–Crippen LogP) is 2.91. The van der Waals surface area contributed by atoms with E-state index in [0.29, 0.717) is 6.54 Å². The summed E-state index contributed by atoms with van der Waals surface area (Å²) in [5.41, 5.74) is 0.875. The molecule has 0 bridgehead atoms. The summed E-state index contributed by atoms with van der Waals surface area (Å²) < 4.78 is 13.8. The fraction of sp³-hybridized carbons (Fsp3) is 0.611. The van der Waals surface area contributed by atoms with Gasteiger partial charge in [-0.3, -0.25) is 9.69 Å². The highest BCUT2D eigenvalue weighted by molar-refractivity contribution is 5.79. The van der Waals surface area contributed by atoms with Crippen LogP contribution in [0.5, 0.6) is 0 Å². The first kappa shape index (κ1) is 15.5. The Morgan fingerprint density at radius 1 is 1.36 bits per heavy atom. The number of likely N-dealkylation sites (tertiary alicyclic amines) is 1. The molecular formula is C18H25FN2O. The van der Waals surface area contributed by atoms with Crippen LogP contribution in [-0.4, -0.2) is 42.9 Å². The van der Waals surface area contributed by atoms with Crippen LogP contribution >= 0.6 is 0 Å². The zero-order valence-electron chi connectivity index (χ0n) is 13.5. The first-order valence-corrected chi connectivity index (χ1v) is 8.19. The van der Waals surface area contributed by atoms with Crippen molar-refractivity contribution >= 4 is 5.91 Å². The normalized spacial score (nSPS) is 28.4. The molecule has 1 spiro atoms. The first-order valence-electron chi connectivity index (χ1n) is 8.19. The molecular weight excluding hydrogens is 279 g/mol. The second-order valence-electron chi connectivity index (χ2n) is 7.09. The monoisotopic (exact) mass is 304 g/mol.